The van der Waals surface area contributed by atoms with Crippen molar-refractivity contribution in [1.29, 1.82) is 5.26 Å². The molecule has 114 valence electrons. The molecule has 0 bridgehead atoms. The minimum absolute atomic E-state index is 0.0337. The average Bonchev–Trinajstić information content (AvgIpc) is 2.36. The third kappa shape index (κ3) is 3.96. The van der Waals surface area contributed by atoms with Gasteiger partial charge >= 0.3 is 5.97 Å². The molecule has 0 aliphatic rings. The summed E-state index contributed by atoms with van der Waals surface area (Å²) in [5.74, 6) is -4.37. The number of rotatable bonds is 6. The van der Waals surface area contributed by atoms with Crippen LogP contribution in [0, 0.1) is 23.0 Å². The van der Waals surface area contributed by atoms with Gasteiger partial charge < -0.3 is 5.11 Å². The Morgan fingerprint density at radius 3 is 2.33 bits per heavy atom. The maximum Gasteiger partial charge on any atom is 0.321 e. The van der Waals surface area contributed by atoms with E-state index in [1.807, 2.05) is 0 Å². The number of nitrogens with zero attached hydrogens (tertiary/aromatic N) is 1. The molecular weight excluding hydrogens is 306 g/mol. The number of halogens is 2. The topological polar surface area (TPSA) is 107 Å². The van der Waals surface area contributed by atoms with Crippen molar-refractivity contribution in [1.82, 2.24) is 4.72 Å². The van der Waals surface area contributed by atoms with E-state index in [1.54, 1.807) is 11.6 Å². The minimum Gasteiger partial charge on any atom is -0.480 e. The van der Waals surface area contributed by atoms with Crippen LogP contribution in [0.3, 0.4) is 0 Å². The molecule has 21 heavy (non-hydrogen) atoms. The molecule has 0 heterocycles. The first-order valence-electron chi connectivity index (χ1n) is 5.87. The van der Waals surface area contributed by atoms with E-state index < -0.39 is 38.6 Å². The summed E-state index contributed by atoms with van der Waals surface area (Å²) < 4.78 is 52.9. The van der Waals surface area contributed by atoms with E-state index in [-0.39, 0.29) is 12.0 Å². The molecule has 0 radical (unpaired) electrons. The van der Waals surface area contributed by atoms with Crippen LogP contribution in [-0.2, 0) is 14.8 Å². The van der Waals surface area contributed by atoms with Crippen molar-refractivity contribution in [3.05, 3.63) is 29.3 Å². The zero-order valence-electron chi connectivity index (χ0n) is 10.9. The van der Waals surface area contributed by atoms with Gasteiger partial charge in [-0.05, 0) is 18.6 Å². The van der Waals surface area contributed by atoms with E-state index in [1.165, 1.54) is 6.07 Å². The number of carboxylic acid groups (broad SMARTS) is 1. The summed E-state index contributed by atoms with van der Waals surface area (Å²) in [5.41, 5.74) is -0.382. The Morgan fingerprint density at radius 1 is 1.43 bits per heavy atom. The summed E-state index contributed by atoms with van der Waals surface area (Å²) in [6.45, 7) is 1.63. The van der Waals surface area contributed by atoms with Gasteiger partial charge in [-0.1, -0.05) is 13.3 Å². The predicted octanol–water partition coefficient (Wildman–Crippen LogP) is 1.37. The molecule has 1 aromatic rings. The number of nitriles is 1. The van der Waals surface area contributed by atoms with E-state index >= 15 is 0 Å². The highest BCUT2D eigenvalue weighted by Gasteiger charge is 2.30. The van der Waals surface area contributed by atoms with Crippen molar-refractivity contribution in [2.45, 2.75) is 30.7 Å². The lowest BCUT2D eigenvalue weighted by atomic mass is 10.2. The minimum atomic E-state index is -4.70. The molecular formula is C12H12F2N2O4S. The van der Waals surface area contributed by atoms with Crippen LogP contribution >= 0.6 is 0 Å². The number of hydrogen-bond donors (Lipinski definition) is 2. The number of sulfonamides is 1. The van der Waals surface area contributed by atoms with Crippen LogP contribution in [0.2, 0.25) is 0 Å². The summed E-state index contributed by atoms with van der Waals surface area (Å²) in [7, 11) is -4.70. The normalized spacial score (nSPS) is 12.7. The third-order valence-corrected chi connectivity index (χ3v) is 4.09. The fraction of sp³-hybridized carbons (Fsp3) is 0.333. The van der Waals surface area contributed by atoms with Crippen LogP contribution in [0.5, 0.6) is 0 Å². The van der Waals surface area contributed by atoms with E-state index in [4.69, 9.17) is 10.4 Å². The number of hydrogen-bond acceptors (Lipinski definition) is 4. The van der Waals surface area contributed by atoms with Crippen molar-refractivity contribution < 1.29 is 27.1 Å². The lowest BCUT2D eigenvalue weighted by Crippen LogP contribution is -2.41. The second-order valence-electron chi connectivity index (χ2n) is 4.18. The van der Waals surface area contributed by atoms with Gasteiger partial charge in [0.05, 0.1) is 11.6 Å². The summed E-state index contributed by atoms with van der Waals surface area (Å²) in [6, 6.07) is 1.11. The van der Waals surface area contributed by atoms with Crippen molar-refractivity contribution >= 4 is 16.0 Å². The Morgan fingerprint density at radius 2 is 1.95 bits per heavy atom. The second kappa shape index (κ2) is 6.60. The first-order valence-corrected chi connectivity index (χ1v) is 7.35. The van der Waals surface area contributed by atoms with Crippen LogP contribution in [0.4, 0.5) is 8.78 Å². The van der Waals surface area contributed by atoms with Crippen molar-refractivity contribution in [3.63, 3.8) is 0 Å². The first kappa shape index (κ1) is 17.0. The molecule has 9 heteroatoms. The maximum absolute atomic E-state index is 13.7. The van der Waals surface area contributed by atoms with Gasteiger partial charge in [-0.25, -0.2) is 17.2 Å². The van der Waals surface area contributed by atoms with E-state index in [9.17, 15) is 22.0 Å². The van der Waals surface area contributed by atoms with E-state index in [2.05, 4.69) is 0 Å². The molecule has 0 aromatic heterocycles. The van der Waals surface area contributed by atoms with Crippen molar-refractivity contribution in [3.8, 4) is 6.07 Å². The number of carboxylic acids is 1. The smallest absolute Gasteiger partial charge is 0.321 e. The highest BCUT2D eigenvalue weighted by atomic mass is 32.2. The Bertz CT molecular complexity index is 675. The third-order valence-electron chi connectivity index (χ3n) is 2.57. The molecule has 6 nitrogen and oxygen atoms in total. The quantitative estimate of drug-likeness (QED) is 0.823. The van der Waals surface area contributed by atoms with Crippen LogP contribution in [-0.4, -0.2) is 25.5 Å². The van der Waals surface area contributed by atoms with Crippen molar-refractivity contribution in [2.75, 3.05) is 0 Å². The Hall–Kier alpha value is -2.05. The number of carbonyl (C=O) groups is 1. The van der Waals surface area contributed by atoms with Crippen LogP contribution in [0.25, 0.3) is 0 Å². The van der Waals surface area contributed by atoms with Gasteiger partial charge in [0, 0.05) is 0 Å². The highest BCUT2D eigenvalue weighted by molar-refractivity contribution is 7.89. The zero-order chi connectivity index (χ0) is 16.2. The number of nitrogens with one attached hydrogen (secondary N) is 1. The van der Waals surface area contributed by atoms with Crippen LogP contribution in [0.15, 0.2) is 17.0 Å². The second-order valence-corrected chi connectivity index (χ2v) is 5.83. The van der Waals surface area contributed by atoms with E-state index in [0.717, 1.165) is 0 Å². The van der Waals surface area contributed by atoms with Gasteiger partial charge in [-0.2, -0.15) is 9.98 Å². The van der Waals surface area contributed by atoms with Crippen LogP contribution in [0.1, 0.15) is 25.3 Å². The summed E-state index contributed by atoms with van der Waals surface area (Å²) >= 11 is 0. The molecule has 0 saturated carbocycles. The van der Waals surface area contributed by atoms with Gasteiger partial charge in [-0.15, -0.1) is 0 Å². The lowest BCUT2D eigenvalue weighted by molar-refractivity contribution is -0.139. The van der Waals surface area contributed by atoms with E-state index in [0.29, 0.717) is 18.6 Å². The van der Waals surface area contributed by atoms with Gasteiger partial charge in [0.15, 0.2) is 4.90 Å². The van der Waals surface area contributed by atoms with Gasteiger partial charge in [-0.3, -0.25) is 4.79 Å². The SMILES string of the molecule is CCCC(NS(=O)(=O)c1c(F)cc(C#N)cc1F)C(=O)O. The lowest BCUT2D eigenvalue weighted by Gasteiger charge is -2.14. The molecule has 0 aliphatic heterocycles. The number of aliphatic carboxylic acids is 1. The molecule has 0 spiro atoms. The Kier molecular flexibility index (Phi) is 5.34. The Labute approximate surface area is 120 Å². The monoisotopic (exact) mass is 318 g/mol. The first-order chi connectivity index (χ1) is 9.72. The predicted molar refractivity (Wildman–Crippen MR) is 67.7 cm³/mol. The largest absolute Gasteiger partial charge is 0.480 e. The van der Waals surface area contributed by atoms with Crippen molar-refractivity contribution in [2.24, 2.45) is 0 Å². The average molecular weight is 318 g/mol. The molecule has 1 aromatic carbocycles. The summed E-state index contributed by atoms with van der Waals surface area (Å²) in [4.78, 5) is 9.61. The molecule has 1 rings (SSSR count). The number of benzene rings is 1. The fourth-order valence-corrected chi connectivity index (χ4v) is 2.99. The molecule has 1 unspecified atom stereocenters. The van der Waals surface area contributed by atoms with Gasteiger partial charge in [0.1, 0.15) is 17.7 Å². The fourth-order valence-electron chi connectivity index (χ4n) is 1.65. The molecule has 0 amide bonds. The van der Waals surface area contributed by atoms with Crippen LogP contribution < -0.4 is 4.72 Å². The highest BCUT2D eigenvalue weighted by Crippen LogP contribution is 2.21. The zero-order valence-corrected chi connectivity index (χ0v) is 11.7. The van der Waals surface area contributed by atoms with Gasteiger partial charge in [0.25, 0.3) is 0 Å². The molecule has 2 N–H and O–H groups in total. The summed E-state index contributed by atoms with van der Waals surface area (Å²) in [5, 5.41) is 17.4. The molecule has 0 saturated heterocycles. The summed E-state index contributed by atoms with van der Waals surface area (Å²) in [6.07, 6.45) is 0.325. The maximum atomic E-state index is 13.7. The molecule has 1 atom stereocenters. The standard InChI is InChI=1S/C12H12F2N2O4S/c1-2-3-10(12(17)18)16-21(19,20)11-8(13)4-7(6-15)5-9(11)14/h4-5,10,16H,2-3H2,1H3,(H,17,18). The Balaban J connectivity index is 3.26. The molecule has 0 fully saturated rings. The molecule has 0 aliphatic carbocycles. The van der Waals surface area contributed by atoms with Gasteiger partial charge in [0.2, 0.25) is 10.0 Å².